The maximum Gasteiger partial charge on any atom is 0.310 e. The van der Waals surface area contributed by atoms with E-state index in [0.29, 0.717) is 0 Å². The van der Waals surface area contributed by atoms with E-state index in [0.717, 1.165) is 22.8 Å². The minimum atomic E-state index is -0.841. The Morgan fingerprint density at radius 1 is 1.12 bits per heavy atom. The molecule has 4 heteroatoms. The molecule has 16 heavy (non-hydrogen) atoms. The molecule has 0 aliphatic heterocycles. The van der Waals surface area contributed by atoms with Crippen LogP contribution in [0.15, 0.2) is 0 Å². The van der Waals surface area contributed by atoms with E-state index in [4.69, 9.17) is 5.11 Å². The minimum absolute atomic E-state index is 0.256. The van der Waals surface area contributed by atoms with E-state index in [9.17, 15) is 4.79 Å². The van der Waals surface area contributed by atoms with Crippen LogP contribution in [0.1, 0.15) is 55.4 Å². The van der Waals surface area contributed by atoms with E-state index >= 15 is 0 Å². The van der Waals surface area contributed by atoms with Gasteiger partial charge in [0.2, 0.25) is 0 Å². The molecule has 1 aromatic heterocycles. The lowest BCUT2D eigenvalue weighted by Gasteiger charge is -2.15. The Hall–Kier alpha value is -1.45. The van der Waals surface area contributed by atoms with E-state index in [1.807, 2.05) is 27.7 Å². The Morgan fingerprint density at radius 2 is 1.56 bits per heavy atom. The summed E-state index contributed by atoms with van der Waals surface area (Å²) in [6, 6.07) is 0. The van der Waals surface area contributed by atoms with Gasteiger partial charge in [0.1, 0.15) is 5.82 Å². The molecule has 4 nitrogen and oxygen atoms in total. The third-order valence-corrected chi connectivity index (χ3v) is 2.66. The van der Waals surface area contributed by atoms with Crippen LogP contribution in [0.25, 0.3) is 0 Å². The lowest BCUT2D eigenvalue weighted by molar-refractivity contribution is -0.138. The second kappa shape index (κ2) is 4.60. The molecule has 1 N–H and O–H groups in total. The first-order valence-electron chi connectivity index (χ1n) is 5.42. The summed E-state index contributed by atoms with van der Waals surface area (Å²) in [7, 11) is 0. The summed E-state index contributed by atoms with van der Waals surface area (Å²) in [4.78, 5) is 19.7. The van der Waals surface area contributed by atoms with Crippen molar-refractivity contribution in [1.29, 1.82) is 0 Å². The molecule has 0 saturated heterocycles. The van der Waals surface area contributed by atoms with E-state index in [2.05, 4.69) is 9.97 Å². The molecule has 0 radical (unpaired) electrons. The molecular weight excluding hydrogens is 204 g/mol. The second-order valence-corrected chi connectivity index (χ2v) is 4.38. The Bertz CT molecular complexity index is 390. The number of carboxylic acids is 1. The highest BCUT2D eigenvalue weighted by atomic mass is 16.4. The largest absolute Gasteiger partial charge is 0.481 e. The third kappa shape index (κ3) is 2.38. The molecule has 1 atom stereocenters. The molecule has 0 aromatic carbocycles. The highest BCUT2D eigenvalue weighted by molar-refractivity contribution is 5.76. The first-order valence-corrected chi connectivity index (χ1v) is 5.42. The predicted molar refractivity (Wildman–Crippen MR) is 61.6 cm³/mol. The van der Waals surface area contributed by atoms with Gasteiger partial charge in [0.25, 0.3) is 0 Å². The van der Waals surface area contributed by atoms with Crippen LogP contribution in [0.4, 0.5) is 0 Å². The maximum absolute atomic E-state index is 11.0. The number of hydrogen-bond acceptors (Lipinski definition) is 3. The smallest absolute Gasteiger partial charge is 0.310 e. The van der Waals surface area contributed by atoms with E-state index in [1.165, 1.54) is 0 Å². The van der Waals surface area contributed by atoms with Crippen LogP contribution in [-0.2, 0) is 4.79 Å². The number of aromatic nitrogens is 2. The lowest BCUT2D eigenvalue weighted by Crippen LogP contribution is -2.14. The number of aliphatic carboxylic acids is 1. The summed E-state index contributed by atoms with van der Waals surface area (Å²) in [5.74, 6) is -0.365. The van der Waals surface area contributed by atoms with Crippen LogP contribution >= 0.6 is 0 Å². The fourth-order valence-electron chi connectivity index (χ4n) is 1.76. The van der Waals surface area contributed by atoms with Crippen LogP contribution in [0.3, 0.4) is 0 Å². The van der Waals surface area contributed by atoms with Gasteiger partial charge in [-0.15, -0.1) is 0 Å². The summed E-state index contributed by atoms with van der Waals surface area (Å²) >= 11 is 0. The zero-order valence-electron chi connectivity index (χ0n) is 10.4. The molecule has 0 aliphatic rings. The molecule has 1 heterocycles. The number of carbonyl (C=O) groups is 1. The SMILES string of the molecule is Cc1nc(C(C)C)nc(C)c1C(C)C(=O)O. The molecule has 0 fully saturated rings. The van der Waals surface area contributed by atoms with E-state index in [1.54, 1.807) is 6.92 Å². The van der Waals surface area contributed by atoms with Crippen molar-refractivity contribution in [3.05, 3.63) is 22.8 Å². The van der Waals surface area contributed by atoms with E-state index < -0.39 is 11.9 Å². The third-order valence-electron chi connectivity index (χ3n) is 2.66. The summed E-state index contributed by atoms with van der Waals surface area (Å²) < 4.78 is 0. The Morgan fingerprint density at radius 3 is 1.88 bits per heavy atom. The fourth-order valence-corrected chi connectivity index (χ4v) is 1.76. The van der Waals surface area contributed by atoms with Gasteiger partial charge >= 0.3 is 5.97 Å². The van der Waals surface area contributed by atoms with Crippen molar-refractivity contribution in [2.24, 2.45) is 0 Å². The number of carboxylic acid groups (broad SMARTS) is 1. The second-order valence-electron chi connectivity index (χ2n) is 4.38. The molecule has 0 spiro atoms. The standard InChI is InChI=1S/C12H18N2O2/c1-6(2)11-13-8(4)10(9(5)14-11)7(3)12(15)16/h6-7H,1-5H3,(H,15,16). The van der Waals surface area contributed by atoms with Gasteiger partial charge in [-0.3, -0.25) is 4.79 Å². The van der Waals surface area contributed by atoms with Crippen molar-refractivity contribution in [2.45, 2.75) is 46.5 Å². The van der Waals surface area contributed by atoms with Gasteiger partial charge in [-0.2, -0.15) is 0 Å². The van der Waals surface area contributed by atoms with Crippen molar-refractivity contribution < 1.29 is 9.90 Å². The zero-order chi connectivity index (χ0) is 12.5. The van der Waals surface area contributed by atoms with Gasteiger partial charge < -0.3 is 5.11 Å². The molecule has 88 valence electrons. The van der Waals surface area contributed by atoms with Gasteiger partial charge in [0.15, 0.2) is 0 Å². The van der Waals surface area contributed by atoms with Crippen LogP contribution < -0.4 is 0 Å². The van der Waals surface area contributed by atoms with Crippen molar-refractivity contribution >= 4 is 5.97 Å². The van der Waals surface area contributed by atoms with Gasteiger partial charge in [-0.25, -0.2) is 9.97 Å². The quantitative estimate of drug-likeness (QED) is 0.853. The number of hydrogen-bond donors (Lipinski definition) is 1. The lowest BCUT2D eigenvalue weighted by atomic mass is 9.98. The Kier molecular flexibility index (Phi) is 3.62. The van der Waals surface area contributed by atoms with Gasteiger partial charge in [0.05, 0.1) is 5.92 Å². The first kappa shape index (κ1) is 12.6. The number of aryl methyl sites for hydroxylation is 2. The topological polar surface area (TPSA) is 63.1 Å². The summed E-state index contributed by atoms with van der Waals surface area (Å²) in [6.07, 6.45) is 0. The van der Waals surface area contributed by atoms with Crippen LogP contribution in [0.5, 0.6) is 0 Å². The maximum atomic E-state index is 11.0. The molecule has 0 bridgehead atoms. The molecule has 0 amide bonds. The molecule has 1 rings (SSSR count). The van der Waals surface area contributed by atoms with Gasteiger partial charge in [-0.05, 0) is 20.8 Å². The zero-order valence-corrected chi connectivity index (χ0v) is 10.4. The van der Waals surface area contributed by atoms with Gasteiger partial charge in [-0.1, -0.05) is 13.8 Å². The summed E-state index contributed by atoms with van der Waals surface area (Å²) in [5.41, 5.74) is 2.27. The minimum Gasteiger partial charge on any atom is -0.481 e. The van der Waals surface area contributed by atoms with Crippen LogP contribution in [-0.4, -0.2) is 21.0 Å². The van der Waals surface area contributed by atoms with Gasteiger partial charge in [0, 0.05) is 22.9 Å². The highest BCUT2D eigenvalue weighted by Crippen LogP contribution is 2.23. The monoisotopic (exact) mass is 222 g/mol. The molecule has 0 aliphatic carbocycles. The fraction of sp³-hybridized carbons (Fsp3) is 0.583. The molecular formula is C12H18N2O2. The van der Waals surface area contributed by atoms with Crippen LogP contribution in [0.2, 0.25) is 0 Å². The molecule has 1 aromatic rings. The first-order chi connectivity index (χ1) is 7.34. The Labute approximate surface area is 95.7 Å². The average Bonchev–Trinajstić information content (AvgIpc) is 2.15. The highest BCUT2D eigenvalue weighted by Gasteiger charge is 2.21. The van der Waals surface area contributed by atoms with Crippen LogP contribution in [0, 0.1) is 13.8 Å². The molecule has 1 unspecified atom stereocenters. The predicted octanol–water partition coefficient (Wildman–Crippen LogP) is 2.40. The summed E-state index contributed by atoms with van der Waals surface area (Å²) in [6.45, 7) is 9.39. The average molecular weight is 222 g/mol. The van der Waals surface area contributed by atoms with Crippen molar-refractivity contribution in [3.8, 4) is 0 Å². The van der Waals surface area contributed by atoms with Crippen molar-refractivity contribution in [2.75, 3.05) is 0 Å². The van der Waals surface area contributed by atoms with Crippen molar-refractivity contribution in [3.63, 3.8) is 0 Å². The van der Waals surface area contributed by atoms with E-state index in [-0.39, 0.29) is 5.92 Å². The summed E-state index contributed by atoms with van der Waals surface area (Å²) in [5, 5.41) is 9.01. The normalized spacial score (nSPS) is 12.9. The molecule has 0 saturated carbocycles. The number of nitrogens with zero attached hydrogens (tertiary/aromatic N) is 2. The number of rotatable bonds is 3. The Balaban J connectivity index is 3.28. The van der Waals surface area contributed by atoms with Crippen molar-refractivity contribution in [1.82, 2.24) is 9.97 Å².